The second-order valence-corrected chi connectivity index (χ2v) is 7.57. The zero-order valence-corrected chi connectivity index (χ0v) is 14.9. The summed E-state index contributed by atoms with van der Waals surface area (Å²) >= 11 is 0. The van der Waals surface area contributed by atoms with E-state index in [0.717, 1.165) is 65.1 Å². The number of likely N-dealkylation sites (N-methyl/N-ethyl adjacent to an activating group) is 1. The summed E-state index contributed by atoms with van der Waals surface area (Å²) in [6.07, 6.45) is 7.64. The summed E-state index contributed by atoms with van der Waals surface area (Å²) in [6.45, 7) is 6.88. The number of piperazine rings is 1. The van der Waals surface area contributed by atoms with Crippen molar-refractivity contribution in [3.8, 4) is 0 Å². The van der Waals surface area contributed by atoms with E-state index in [1.54, 1.807) is 18.6 Å². The normalized spacial score (nSPS) is 27.7. The largest absolute Gasteiger partial charge is 0.373 e. The van der Waals surface area contributed by atoms with Crippen LogP contribution in [-0.4, -0.2) is 95.1 Å². The first-order chi connectivity index (χ1) is 12.2. The molecule has 0 N–H and O–H groups in total. The summed E-state index contributed by atoms with van der Waals surface area (Å²) in [6, 6.07) is 0.538. The third kappa shape index (κ3) is 3.54. The third-order valence-electron chi connectivity index (χ3n) is 5.99. The Kier molecular flexibility index (Phi) is 4.71. The van der Waals surface area contributed by atoms with Crippen LogP contribution in [0.15, 0.2) is 18.6 Å². The Balaban J connectivity index is 1.32. The van der Waals surface area contributed by atoms with Gasteiger partial charge in [0.25, 0.3) is 5.91 Å². The van der Waals surface area contributed by atoms with Crippen LogP contribution in [0.1, 0.15) is 29.8 Å². The molecule has 1 aromatic rings. The molecule has 136 valence electrons. The maximum atomic E-state index is 12.5. The van der Waals surface area contributed by atoms with Gasteiger partial charge in [-0.2, -0.15) is 0 Å². The Morgan fingerprint density at radius 1 is 1.16 bits per heavy atom. The molecule has 1 amide bonds. The van der Waals surface area contributed by atoms with Crippen LogP contribution in [0.25, 0.3) is 0 Å². The summed E-state index contributed by atoms with van der Waals surface area (Å²) in [5.41, 5.74) is 0.397. The summed E-state index contributed by atoms with van der Waals surface area (Å²) in [4.78, 5) is 27.5. The van der Waals surface area contributed by atoms with Crippen LogP contribution in [0, 0.1) is 0 Å². The Bertz CT molecular complexity index is 595. The van der Waals surface area contributed by atoms with E-state index >= 15 is 0 Å². The SMILES string of the molecule is CN1CCN(C2COC3(CCN(C(=O)c4cnccn4)CC3)C2)CC1. The number of piperidine rings is 1. The molecule has 0 aliphatic carbocycles. The van der Waals surface area contributed by atoms with Crippen LogP contribution in [-0.2, 0) is 4.74 Å². The average Bonchev–Trinajstić information content (AvgIpc) is 3.07. The number of carbonyl (C=O) groups is 1. The highest BCUT2D eigenvalue weighted by Crippen LogP contribution is 2.38. The second kappa shape index (κ2) is 6.97. The molecule has 7 nitrogen and oxygen atoms in total. The number of nitrogens with zero attached hydrogens (tertiary/aromatic N) is 5. The fourth-order valence-electron chi connectivity index (χ4n) is 4.28. The molecule has 3 aliphatic rings. The van der Waals surface area contributed by atoms with E-state index in [0.29, 0.717) is 11.7 Å². The lowest BCUT2D eigenvalue weighted by Gasteiger charge is -2.39. The van der Waals surface area contributed by atoms with Crippen molar-refractivity contribution in [2.45, 2.75) is 30.9 Å². The van der Waals surface area contributed by atoms with Crippen molar-refractivity contribution >= 4 is 5.91 Å². The van der Waals surface area contributed by atoms with Gasteiger partial charge in [0.05, 0.1) is 18.4 Å². The summed E-state index contributed by atoms with van der Waals surface area (Å²) in [5.74, 6) is -0.0171. The molecule has 4 heterocycles. The molecule has 1 spiro atoms. The highest BCUT2D eigenvalue weighted by Gasteiger charge is 2.45. The summed E-state index contributed by atoms with van der Waals surface area (Å²) in [7, 11) is 2.19. The van der Waals surface area contributed by atoms with Crippen molar-refractivity contribution in [3.63, 3.8) is 0 Å². The highest BCUT2D eigenvalue weighted by atomic mass is 16.5. The van der Waals surface area contributed by atoms with Gasteiger partial charge < -0.3 is 14.5 Å². The number of aromatic nitrogens is 2. The van der Waals surface area contributed by atoms with Crippen molar-refractivity contribution in [1.29, 1.82) is 0 Å². The average molecular weight is 345 g/mol. The standard InChI is InChI=1S/C18H27N5O2/c1-21-8-10-22(11-9-21)15-12-18(25-14-15)2-6-23(7-3-18)17(24)16-13-19-4-5-20-16/h4-5,13,15H,2-3,6-12,14H2,1H3. The highest BCUT2D eigenvalue weighted by molar-refractivity contribution is 5.92. The van der Waals surface area contributed by atoms with Crippen LogP contribution in [0.2, 0.25) is 0 Å². The lowest BCUT2D eigenvalue weighted by atomic mass is 9.87. The minimum atomic E-state index is -0.0346. The molecule has 0 bridgehead atoms. The van der Waals surface area contributed by atoms with Gasteiger partial charge in [0, 0.05) is 57.7 Å². The molecule has 3 aliphatic heterocycles. The van der Waals surface area contributed by atoms with Crippen molar-refractivity contribution in [2.75, 3.05) is 52.9 Å². The molecule has 1 atom stereocenters. The minimum Gasteiger partial charge on any atom is -0.373 e. The maximum absolute atomic E-state index is 12.5. The van der Waals surface area contributed by atoms with Crippen LogP contribution in [0.4, 0.5) is 0 Å². The summed E-state index contributed by atoms with van der Waals surface area (Å²) in [5, 5.41) is 0. The predicted molar refractivity (Wildman–Crippen MR) is 93.3 cm³/mol. The molecule has 1 unspecified atom stereocenters. The van der Waals surface area contributed by atoms with Gasteiger partial charge >= 0.3 is 0 Å². The molecule has 1 aromatic heterocycles. The summed E-state index contributed by atoms with van der Waals surface area (Å²) < 4.78 is 6.29. The lowest BCUT2D eigenvalue weighted by Crippen LogP contribution is -2.50. The lowest BCUT2D eigenvalue weighted by molar-refractivity contribution is -0.0396. The van der Waals surface area contributed by atoms with Crippen LogP contribution < -0.4 is 0 Å². The van der Waals surface area contributed by atoms with Gasteiger partial charge in [-0.15, -0.1) is 0 Å². The van der Waals surface area contributed by atoms with E-state index in [1.165, 1.54) is 0 Å². The number of hydrogen-bond acceptors (Lipinski definition) is 6. The maximum Gasteiger partial charge on any atom is 0.274 e. The van der Waals surface area contributed by atoms with E-state index in [9.17, 15) is 4.79 Å². The topological polar surface area (TPSA) is 61.8 Å². The number of likely N-dealkylation sites (tertiary alicyclic amines) is 1. The molecule has 3 saturated heterocycles. The molecule has 25 heavy (non-hydrogen) atoms. The Labute approximate surface area is 149 Å². The first kappa shape index (κ1) is 16.9. The molecule has 0 radical (unpaired) electrons. The van der Waals surface area contributed by atoms with Gasteiger partial charge in [-0.1, -0.05) is 0 Å². The Hall–Kier alpha value is -1.57. The molecule has 0 aromatic carbocycles. The van der Waals surface area contributed by atoms with Gasteiger partial charge in [-0.25, -0.2) is 4.98 Å². The van der Waals surface area contributed by atoms with Gasteiger partial charge in [0.15, 0.2) is 0 Å². The first-order valence-electron chi connectivity index (χ1n) is 9.27. The number of carbonyl (C=O) groups excluding carboxylic acids is 1. The van der Waals surface area contributed by atoms with E-state index in [1.807, 2.05) is 4.90 Å². The van der Waals surface area contributed by atoms with Crippen molar-refractivity contribution in [1.82, 2.24) is 24.7 Å². The van der Waals surface area contributed by atoms with Crippen LogP contribution in [0.5, 0.6) is 0 Å². The van der Waals surface area contributed by atoms with Crippen molar-refractivity contribution in [3.05, 3.63) is 24.3 Å². The third-order valence-corrected chi connectivity index (χ3v) is 5.99. The molecule has 3 fully saturated rings. The van der Waals surface area contributed by atoms with Crippen molar-refractivity contribution < 1.29 is 9.53 Å². The van der Waals surface area contributed by atoms with Crippen LogP contribution >= 0.6 is 0 Å². The molecular weight excluding hydrogens is 318 g/mol. The zero-order chi connectivity index (χ0) is 17.3. The Morgan fingerprint density at radius 3 is 2.60 bits per heavy atom. The van der Waals surface area contributed by atoms with Gasteiger partial charge in [-0.3, -0.25) is 14.7 Å². The number of rotatable bonds is 2. The number of hydrogen-bond donors (Lipinski definition) is 0. The van der Waals surface area contributed by atoms with E-state index in [2.05, 4.69) is 26.8 Å². The van der Waals surface area contributed by atoms with Crippen molar-refractivity contribution in [2.24, 2.45) is 0 Å². The zero-order valence-electron chi connectivity index (χ0n) is 14.9. The van der Waals surface area contributed by atoms with E-state index < -0.39 is 0 Å². The smallest absolute Gasteiger partial charge is 0.274 e. The quantitative estimate of drug-likeness (QED) is 0.777. The first-order valence-corrected chi connectivity index (χ1v) is 9.27. The van der Waals surface area contributed by atoms with Crippen LogP contribution in [0.3, 0.4) is 0 Å². The minimum absolute atomic E-state index is 0.0171. The monoisotopic (exact) mass is 345 g/mol. The fraction of sp³-hybridized carbons (Fsp3) is 0.722. The molecule has 0 saturated carbocycles. The van der Waals surface area contributed by atoms with Gasteiger partial charge in [-0.05, 0) is 26.3 Å². The molecule has 4 rings (SSSR count). The number of ether oxygens (including phenoxy) is 1. The predicted octanol–water partition coefficient (Wildman–Crippen LogP) is 0.488. The van der Waals surface area contributed by atoms with Gasteiger partial charge in [0.2, 0.25) is 0 Å². The molecule has 7 heteroatoms. The molecular formula is C18H27N5O2. The second-order valence-electron chi connectivity index (χ2n) is 7.57. The Morgan fingerprint density at radius 2 is 1.92 bits per heavy atom. The number of amides is 1. The fourth-order valence-corrected chi connectivity index (χ4v) is 4.28. The van der Waals surface area contributed by atoms with E-state index in [-0.39, 0.29) is 11.5 Å². The van der Waals surface area contributed by atoms with E-state index in [4.69, 9.17) is 4.74 Å². The van der Waals surface area contributed by atoms with Gasteiger partial charge in [0.1, 0.15) is 5.69 Å².